The Bertz CT molecular complexity index is 1020. The first-order valence-electron chi connectivity index (χ1n) is 7.91. The first kappa shape index (κ1) is 15.3. The van der Waals surface area contributed by atoms with Crippen molar-refractivity contribution in [1.29, 1.82) is 0 Å². The summed E-state index contributed by atoms with van der Waals surface area (Å²) in [5, 5.41) is 9.75. The van der Waals surface area contributed by atoms with E-state index in [2.05, 4.69) is 15.0 Å². The molecular formula is C18H16N4O3. The number of ether oxygens (including phenoxy) is 1. The summed E-state index contributed by atoms with van der Waals surface area (Å²) in [6.07, 6.45) is 6.97. The Hall–Kier alpha value is -3.22. The monoisotopic (exact) mass is 336 g/mol. The lowest BCUT2D eigenvalue weighted by Crippen LogP contribution is -2.06. The van der Waals surface area contributed by atoms with E-state index >= 15 is 0 Å². The van der Waals surface area contributed by atoms with Crippen LogP contribution in [-0.2, 0) is 6.42 Å². The number of carboxylic acids is 1. The average Bonchev–Trinajstić information content (AvgIpc) is 2.98. The highest BCUT2D eigenvalue weighted by Crippen LogP contribution is 2.33. The van der Waals surface area contributed by atoms with Crippen molar-refractivity contribution in [3.63, 3.8) is 0 Å². The van der Waals surface area contributed by atoms with E-state index in [1.165, 1.54) is 0 Å². The second-order valence-electron chi connectivity index (χ2n) is 5.86. The van der Waals surface area contributed by atoms with Crippen molar-refractivity contribution in [3.05, 3.63) is 41.3 Å². The summed E-state index contributed by atoms with van der Waals surface area (Å²) in [6.45, 7) is 1.79. The zero-order valence-corrected chi connectivity index (χ0v) is 13.9. The van der Waals surface area contributed by atoms with Gasteiger partial charge >= 0.3 is 5.97 Å². The Kier molecular flexibility index (Phi) is 3.49. The van der Waals surface area contributed by atoms with Crippen molar-refractivity contribution in [2.45, 2.75) is 19.8 Å². The van der Waals surface area contributed by atoms with Gasteiger partial charge in [-0.05, 0) is 31.4 Å². The Morgan fingerprint density at radius 3 is 2.88 bits per heavy atom. The van der Waals surface area contributed by atoms with Crippen molar-refractivity contribution >= 4 is 23.6 Å². The number of pyridine rings is 2. The van der Waals surface area contributed by atoms with Gasteiger partial charge in [-0.3, -0.25) is 4.40 Å². The molecular weight excluding hydrogens is 320 g/mol. The summed E-state index contributed by atoms with van der Waals surface area (Å²) in [4.78, 5) is 25.1. The van der Waals surface area contributed by atoms with E-state index in [1.807, 2.05) is 18.5 Å². The molecule has 1 aliphatic heterocycles. The van der Waals surface area contributed by atoms with Crippen LogP contribution in [0.3, 0.4) is 0 Å². The number of carbonyl (C=O) groups is 1. The Labute approximate surface area is 143 Å². The predicted molar refractivity (Wildman–Crippen MR) is 93.1 cm³/mol. The molecule has 0 spiro atoms. The van der Waals surface area contributed by atoms with Crippen molar-refractivity contribution in [2.75, 3.05) is 7.11 Å². The highest BCUT2D eigenvalue weighted by molar-refractivity contribution is 5.99. The molecule has 0 bridgehead atoms. The molecule has 7 heteroatoms. The molecule has 3 aromatic heterocycles. The van der Waals surface area contributed by atoms with Crippen LogP contribution in [0.4, 0.5) is 5.82 Å². The number of methoxy groups -OCH3 is 1. The number of aryl methyl sites for hydroxylation is 1. The summed E-state index contributed by atoms with van der Waals surface area (Å²) >= 11 is 0. The first-order chi connectivity index (χ1) is 12.1. The highest BCUT2D eigenvalue weighted by atomic mass is 16.5. The third-order valence-corrected chi connectivity index (χ3v) is 4.41. The molecule has 0 radical (unpaired) electrons. The number of hydrogen-bond donors (Lipinski definition) is 1. The van der Waals surface area contributed by atoms with E-state index in [0.29, 0.717) is 22.9 Å². The van der Waals surface area contributed by atoms with Gasteiger partial charge in [0.1, 0.15) is 5.56 Å². The van der Waals surface area contributed by atoms with Gasteiger partial charge in [-0.2, -0.15) is 0 Å². The van der Waals surface area contributed by atoms with Gasteiger partial charge in [-0.1, -0.05) is 0 Å². The van der Waals surface area contributed by atoms with Crippen LogP contribution in [0.25, 0.3) is 16.8 Å². The molecule has 0 aromatic carbocycles. The van der Waals surface area contributed by atoms with Crippen molar-refractivity contribution < 1.29 is 14.6 Å². The van der Waals surface area contributed by atoms with Gasteiger partial charge in [-0.15, -0.1) is 0 Å². The van der Waals surface area contributed by atoms with E-state index in [9.17, 15) is 9.90 Å². The molecule has 126 valence electrons. The van der Waals surface area contributed by atoms with Gasteiger partial charge in [0.25, 0.3) is 0 Å². The van der Waals surface area contributed by atoms with Crippen LogP contribution >= 0.6 is 0 Å². The van der Waals surface area contributed by atoms with E-state index in [1.54, 1.807) is 30.7 Å². The normalized spacial score (nSPS) is 13.0. The number of carboxylic acid groups (broad SMARTS) is 1. The van der Waals surface area contributed by atoms with Gasteiger partial charge in [0.2, 0.25) is 5.88 Å². The van der Waals surface area contributed by atoms with Crippen molar-refractivity contribution in [3.8, 4) is 17.0 Å². The third kappa shape index (κ3) is 2.36. The fourth-order valence-corrected chi connectivity index (χ4v) is 3.16. The maximum absolute atomic E-state index is 11.9. The zero-order valence-electron chi connectivity index (χ0n) is 13.9. The number of fused-ring (bicyclic) bond motifs is 3. The number of aromatic carboxylic acids is 1. The van der Waals surface area contributed by atoms with Crippen LogP contribution in [0.2, 0.25) is 0 Å². The molecule has 7 nitrogen and oxygen atoms in total. The molecule has 25 heavy (non-hydrogen) atoms. The molecule has 4 heterocycles. The van der Waals surface area contributed by atoms with Crippen LogP contribution < -0.4 is 4.74 Å². The molecule has 0 amide bonds. The lowest BCUT2D eigenvalue weighted by molar-refractivity contribution is 0.0697. The van der Waals surface area contributed by atoms with E-state index in [-0.39, 0.29) is 5.56 Å². The summed E-state index contributed by atoms with van der Waals surface area (Å²) in [6, 6.07) is 3.61. The van der Waals surface area contributed by atoms with Crippen LogP contribution in [0.1, 0.15) is 28.0 Å². The van der Waals surface area contributed by atoms with Gasteiger partial charge < -0.3 is 9.84 Å². The first-order valence-corrected chi connectivity index (χ1v) is 7.91. The Morgan fingerprint density at radius 1 is 1.36 bits per heavy atom. The number of nitrogens with zero attached hydrogens (tertiary/aromatic N) is 4. The smallest absolute Gasteiger partial charge is 0.339 e. The molecule has 0 saturated heterocycles. The molecule has 0 saturated carbocycles. The second-order valence-corrected chi connectivity index (χ2v) is 5.86. The summed E-state index contributed by atoms with van der Waals surface area (Å²) in [7, 11) is 1.55. The zero-order chi connectivity index (χ0) is 17.6. The summed E-state index contributed by atoms with van der Waals surface area (Å²) in [5.74, 6) is 0.203. The van der Waals surface area contributed by atoms with Crippen molar-refractivity contribution in [2.24, 2.45) is 4.99 Å². The van der Waals surface area contributed by atoms with Crippen LogP contribution in [0.15, 0.2) is 29.5 Å². The van der Waals surface area contributed by atoms with Crippen LogP contribution in [0, 0.1) is 6.92 Å². The maximum Gasteiger partial charge on any atom is 0.339 e. The number of aliphatic imine (C=N–C) groups is 1. The topological polar surface area (TPSA) is 89.1 Å². The lowest BCUT2D eigenvalue weighted by Gasteiger charge is -2.12. The SMILES string of the molecule is COc1ccc(-c2cn3c4c(nc3c(C(=O)O)c2C)CCC=N4)cn1. The number of aromatic nitrogens is 3. The van der Waals surface area contributed by atoms with E-state index < -0.39 is 5.97 Å². The Morgan fingerprint density at radius 2 is 2.20 bits per heavy atom. The standard InChI is InChI=1S/C18H16N4O3/c1-10-12(11-5-6-14(25-2)20-8-11)9-22-16-13(4-3-7-19-16)21-17(22)15(10)18(23)24/h5-9H,3-4H2,1-2H3,(H,23,24). The number of imidazole rings is 1. The molecule has 0 atom stereocenters. The lowest BCUT2D eigenvalue weighted by atomic mass is 10.00. The molecule has 1 aliphatic rings. The fourth-order valence-electron chi connectivity index (χ4n) is 3.16. The number of rotatable bonds is 3. The summed E-state index contributed by atoms with van der Waals surface area (Å²) < 4.78 is 6.85. The number of hydrogen-bond acceptors (Lipinski definition) is 5. The van der Waals surface area contributed by atoms with E-state index in [4.69, 9.17) is 4.74 Å². The minimum Gasteiger partial charge on any atom is -0.481 e. The van der Waals surface area contributed by atoms with Crippen LogP contribution in [0.5, 0.6) is 5.88 Å². The van der Waals surface area contributed by atoms with Crippen LogP contribution in [-0.4, -0.2) is 38.8 Å². The molecule has 0 unspecified atom stereocenters. The third-order valence-electron chi connectivity index (χ3n) is 4.41. The minimum atomic E-state index is -1.00. The van der Waals surface area contributed by atoms with Gasteiger partial charge in [0.05, 0.1) is 12.8 Å². The second kappa shape index (κ2) is 5.70. The van der Waals surface area contributed by atoms with Gasteiger partial charge in [-0.25, -0.2) is 19.8 Å². The fraction of sp³-hybridized carbons (Fsp3) is 0.222. The Balaban J connectivity index is 2.03. The predicted octanol–water partition coefficient (Wildman–Crippen LogP) is 3.06. The van der Waals surface area contributed by atoms with Crippen molar-refractivity contribution in [1.82, 2.24) is 14.4 Å². The molecule has 0 fully saturated rings. The molecule has 1 N–H and O–H groups in total. The van der Waals surface area contributed by atoms with Gasteiger partial charge in [0.15, 0.2) is 11.5 Å². The van der Waals surface area contributed by atoms with E-state index in [0.717, 1.165) is 29.7 Å². The highest BCUT2D eigenvalue weighted by Gasteiger charge is 2.23. The summed E-state index contributed by atoms with van der Waals surface area (Å²) in [5.41, 5.74) is 3.69. The molecule has 3 aromatic rings. The molecule has 0 aliphatic carbocycles. The maximum atomic E-state index is 11.9. The molecule has 4 rings (SSSR count). The largest absolute Gasteiger partial charge is 0.481 e. The average molecular weight is 336 g/mol. The minimum absolute atomic E-state index is 0.193. The quantitative estimate of drug-likeness (QED) is 0.794. The van der Waals surface area contributed by atoms with Gasteiger partial charge in [0, 0.05) is 35.8 Å².